The Kier molecular flexibility index (Phi) is 4.88. The lowest BCUT2D eigenvalue weighted by atomic mass is 10.2. The normalized spacial score (nSPS) is 14.4. The number of carbonyl (C=O) groups excluding carboxylic acids is 1. The molecule has 1 heterocycles. The Hall–Kier alpha value is -2.94. The molecule has 8 nitrogen and oxygen atoms in total. The van der Waals surface area contributed by atoms with Crippen molar-refractivity contribution in [3.63, 3.8) is 0 Å². The third-order valence-electron chi connectivity index (χ3n) is 4.59. The third-order valence-corrected chi connectivity index (χ3v) is 5.95. The molecule has 1 aliphatic heterocycles. The maximum Gasteiger partial charge on any atom is 0.274 e. The molecule has 1 amide bonds. The predicted molar refractivity (Wildman–Crippen MR) is 101 cm³/mol. The van der Waals surface area contributed by atoms with Crippen LogP contribution >= 0.6 is 0 Å². The highest BCUT2D eigenvalue weighted by molar-refractivity contribution is 7.92. The first-order chi connectivity index (χ1) is 12.7. The minimum atomic E-state index is -3.93. The summed E-state index contributed by atoms with van der Waals surface area (Å²) in [5.74, 6) is 0.0269. The molecule has 1 aliphatic rings. The molecule has 3 rings (SSSR count). The summed E-state index contributed by atoms with van der Waals surface area (Å²) in [5.41, 5.74) is 1.60. The van der Waals surface area contributed by atoms with Crippen LogP contribution in [0.1, 0.15) is 24.0 Å². The number of aryl methyl sites for hydroxylation is 1. The number of nitrogens with one attached hydrogen (secondary N) is 1. The average Bonchev–Trinajstić information content (AvgIpc) is 3.02. The molecule has 0 atom stereocenters. The van der Waals surface area contributed by atoms with Crippen molar-refractivity contribution in [2.45, 2.75) is 31.6 Å². The Bertz CT molecular complexity index is 1030. The SMILES string of the molecule is Cc1cc(S(=O)(=O)Nc2cccc([N+](=O)[O-])c2C)ccc1N1CCCC1=O. The second-order valence-corrected chi connectivity index (χ2v) is 8.09. The maximum atomic E-state index is 12.7. The van der Waals surface area contributed by atoms with E-state index in [1.54, 1.807) is 17.9 Å². The van der Waals surface area contributed by atoms with Crippen LogP contribution in [-0.2, 0) is 14.8 Å². The van der Waals surface area contributed by atoms with Crippen LogP contribution in [0.25, 0.3) is 0 Å². The number of nitro groups is 1. The van der Waals surface area contributed by atoms with Gasteiger partial charge in [-0.1, -0.05) is 6.07 Å². The fourth-order valence-corrected chi connectivity index (χ4v) is 4.34. The van der Waals surface area contributed by atoms with Crippen molar-refractivity contribution in [1.82, 2.24) is 0 Å². The summed E-state index contributed by atoms with van der Waals surface area (Å²) in [7, 11) is -3.93. The number of rotatable bonds is 5. The maximum absolute atomic E-state index is 12.7. The predicted octanol–water partition coefficient (Wildman–Crippen LogP) is 3.14. The van der Waals surface area contributed by atoms with Crippen LogP contribution in [-0.4, -0.2) is 25.8 Å². The lowest BCUT2D eigenvalue weighted by molar-refractivity contribution is -0.385. The molecule has 0 aromatic heterocycles. The molecule has 9 heteroatoms. The van der Waals surface area contributed by atoms with Gasteiger partial charge in [-0.15, -0.1) is 0 Å². The molecule has 1 fully saturated rings. The van der Waals surface area contributed by atoms with E-state index in [0.717, 1.165) is 6.42 Å². The number of hydrogen-bond donors (Lipinski definition) is 1. The van der Waals surface area contributed by atoms with Gasteiger partial charge in [0.2, 0.25) is 5.91 Å². The number of hydrogen-bond acceptors (Lipinski definition) is 5. The smallest absolute Gasteiger partial charge is 0.274 e. The van der Waals surface area contributed by atoms with Gasteiger partial charge in [-0.05, 0) is 50.1 Å². The van der Waals surface area contributed by atoms with Gasteiger partial charge in [-0.2, -0.15) is 0 Å². The van der Waals surface area contributed by atoms with Crippen LogP contribution in [0.15, 0.2) is 41.3 Å². The lowest BCUT2D eigenvalue weighted by Crippen LogP contribution is -2.24. The topological polar surface area (TPSA) is 110 Å². The van der Waals surface area contributed by atoms with E-state index < -0.39 is 14.9 Å². The molecule has 0 unspecified atom stereocenters. The third kappa shape index (κ3) is 3.63. The Labute approximate surface area is 157 Å². The summed E-state index contributed by atoms with van der Waals surface area (Å²) in [6, 6.07) is 8.77. The molecule has 1 N–H and O–H groups in total. The number of amides is 1. The molecule has 1 saturated heterocycles. The quantitative estimate of drug-likeness (QED) is 0.624. The fraction of sp³-hybridized carbons (Fsp3) is 0.278. The number of nitrogens with zero attached hydrogens (tertiary/aromatic N) is 2. The molecule has 142 valence electrons. The zero-order valence-corrected chi connectivity index (χ0v) is 15.7. The molecule has 2 aromatic rings. The van der Waals surface area contributed by atoms with Gasteiger partial charge in [0.05, 0.1) is 21.1 Å². The first-order valence-corrected chi connectivity index (χ1v) is 9.87. The Morgan fingerprint density at radius 2 is 1.93 bits per heavy atom. The lowest BCUT2D eigenvalue weighted by Gasteiger charge is -2.19. The van der Waals surface area contributed by atoms with Gasteiger partial charge in [0, 0.05) is 24.7 Å². The monoisotopic (exact) mass is 389 g/mol. The van der Waals surface area contributed by atoms with Crippen molar-refractivity contribution in [3.05, 3.63) is 57.6 Å². The second-order valence-electron chi connectivity index (χ2n) is 6.41. The van der Waals surface area contributed by atoms with E-state index in [1.807, 2.05) is 0 Å². The van der Waals surface area contributed by atoms with Gasteiger partial charge in [0.15, 0.2) is 0 Å². The molecule has 0 spiro atoms. The van der Waals surface area contributed by atoms with Crippen LogP contribution in [0.4, 0.5) is 17.1 Å². The summed E-state index contributed by atoms with van der Waals surface area (Å²) < 4.78 is 27.9. The highest BCUT2D eigenvalue weighted by Gasteiger charge is 2.25. The van der Waals surface area contributed by atoms with Crippen molar-refractivity contribution in [2.24, 2.45) is 0 Å². The summed E-state index contributed by atoms with van der Waals surface area (Å²) in [6.07, 6.45) is 1.28. The van der Waals surface area contributed by atoms with Gasteiger partial charge >= 0.3 is 0 Å². The van der Waals surface area contributed by atoms with Crippen molar-refractivity contribution in [2.75, 3.05) is 16.2 Å². The van der Waals surface area contributed by atoms with E-state index >= 15 is 0 Å². The largest absolute Gasteiger partial charge is 0.312 e. The average molecular weight is 389 g/mol. The molecule has 0 saturated carbocycles. The van der Waals surface area contributed by atoms with Crippen LogP contribution < -0.4 is 9.62 Å². The minimum absolute atomic E-state index is 0.0269. The van der Waals surface area contributed by atoms with Gasteiger partial charge in [0.1, 0.15) is 0 Å². The van der Waals surface area contributed by atoms with Crippen LogP contribution in [0.3, 0.4) is 0 Å². The van der Waals surface area contributed by atoms with Gasteiger partial charge < -0.3 is 4.90 Å². The number of sulfonamides is 1. The van der Waals surface area contributed by atoms with Crippen LogP contribution in [0.2, 0.25) is 0 Å². The summed E-state index contributed by atoms with van der Waals surface area (Å²) in [4.78, 5) is 24.1. The number of nitro benzene ring substituents is 1. The first-order valence-electron chi connectivity index (χ1n) is 8.38. The van der Waals surface area contributed by atoms with Crippen molar-refractivity contribution < 1.29 is 18.1 Å². The second kappa shape index (κ2) is 6.99. The Balaban J connectivity index is 1.92. The van der Waals surface area contributed by atoms with E-state index in [0.29, 0.717) is 24.2 Å². The van der Waals surface area contributed by atoms with Crippen molar-refractivity contribution in [1.29, 1.82) is 0 Å². The number of carbonyl (C=O) groups is 1. The van der Waals surface area contributed by atoms with Gasteiger partial charge in [-0.3, -0.25) is 19.6 Å². The number of anilines is 2. The molecule has 0 aliphatic carbocycles. The summed E-state index contributed by atoms with van der Waals surface area (Å²) in [6.45, 7) is 3.86. The molecular weight excluding hydrogens is 370 g/mol. The standard InChI is InChI=1S/C18H19N3O5S/c1-12-11-14(8-9-16(12)20-10-4-7-18(20)22)27(25,26)19-15-5-3-6-17(13(15)2)21(23)24/h3,5-6,8-9,11,19H,4,7,10H2,1-2H3. The zero-order valence-electron chi connectivity index (χ0n) is 14.9. The number of benzene rings is 2. The van der Waals surface area contributed by atoms with E-state index in [9.17, 15) is 23.3 Å². The molecule has 2 aromatic carbocycles. The first kappa shape index (κ1) is 18.8. The summed E-state index contributed by atoms with van der Waals surface area (Å²) in [5, 5.41) is 11.0. The van der Waals surface area contributed by atoms with Crippen LogP contribution in [0.5, 0.6) is 0 Å². The molecule has 0 radical (unpaired) electrons. The molecule has 27 heavy (non-hydrogen) atoms. The minimum Gasteiger partial charge on any atom is -0.312 e. The Morgan fingerprint density at radius 3 is 2.52 bits per heavy atom. The molecule has 0 bridgehead atoms. The van der Waals surface area contributed by atoms with Gasteiger partial charge in [0.25, 0.3) is 15.7 Å². The van der Waals surface area contributed by atoms with Gasteiger partial charge in [-0.25, -0.2) is 8.42 Å². The fourth-order valence-electron chi connectivity index (χ4n) is 3.14. The van der Waals surface area contributed by atoms with Crippen LogP contribution in [0, 0.1) is 24.0 Å². The van der Waals surface area contributed by atoms with E-state index in [-0.39, 0.29) is 27.7 Å². The highest BCUT2D eigenvalue weighted by atomic mass is 32.2. The summed E-state index contributed by atoms with van der Waals surface area (Å²) >= 11 is 0. The highest BCUT2D eigenvalue weighted by Crippen LogP contribution is 2.30. The van der Waals surface area contributed by atoms with E-state index in [4.69, 9.17) is 0 Å². The van der Waals surface area contributed by atoms with E-state index in [1.165, 1.54) is 37.3 Å². The van der Waals surface area contributed by atoms with E-state index in [2.05, 4.69) is 4.72 Å². The Morgan fingerprint density at radius 1 is 1.19 bits per heavy atom. The van der Waals surface area contributed by atoms with Crippen molar-refractivity contribution >= 4 is 33.0 Å². The zero-order chi connectivity index (χ0) is 19.8. The molecular formula is C18H19N3O5S. The van der Waals surface area contributed by atoms with Crippen molar-refractivity contribution in [3.8, 4) is 0 Å².